The third-order valence-corrected chi connectivity index (χ3v) is 2.80. The minimum Gasteiger partial charge on any atom is -0.338 e. The summed E-state index contributed by atoms with van der Waals surface area (Å²) in [6.07, 6.45) is 0. The number of hydrogen-bond donors (Lipinski definition) is 0. The molecule has 0 atom stereocenters. The quantitative estimate of drug-likeness (QED) is 0.740. The lowest BCUT2D eigenvalue weighted by molar-refractivity contribution is 0.0773. The van der Waals surface area contributed by atoms with Crippen molar-refractivity contribution in [1.82, 2.24) is 4.90 Å². The first kappa shape index (κ1) is 13.0. The van der Waals surface area contributed by atoms with Crippen LogP contribution in [0.25, 0.3) is 0 Å². The molecule has 0 radical (unpaired) electrons. The Labute approximate surface area is 102 Å². The lowest BCUT2D eigenvalue weighted by atomic mass is 10.0. The Morgan fingerprint density at radius 1 is 1.38 bits per heavy atom. The van der Waals surface area contributed by atoms with Gasteiger partial charge in [-0.2, -0.15) is 0 Å². The van der Waals surface area contributed by atoms with Crippen molar-refractivity contribution >= 4 is 17.5 Å². The molecule has 0 aliphatic carbocycles. The van der Waals surface area contributed by atoms with E-state index in [1.807, 2.05) is 39.0 Å². The molecular formula is C13H18ClNO. The molecule has 0 saturated carbocycles. The SMILES string of the molecule is CCN(CCCl)C(=O)c1ccc(C)cc1C. The predicted molar refractivity (Wildman–Crippen MR) is 68.2 cm³/mol. The van der Waals surface area contributed by atoms with Crippen molar-refractivity contribution in [2.24, 2.45) is 0 Å². The van der Waals surface area contributed by atoms with Crippen LogP contribution in [0.3, 0.4) is 0 Å². The number of carbonyl (C=O) groups is 1. The molecule has 0 spiro atoms. The third kappa shape index (κ3) is 2.99. The van der Waals surface area contributed by atoms with Crippen LogP contribution in [-0.2, 0) is 0 Å². The molecule has 0 N–H and O–H groups in total. The average molecular weight is 240 g/mol. The number of alkyl halides is 1. The molecule has 0 heterocycles. The van der Waals surface area contributed by atoms with Crippen molar-refractivity contribution in [2.75, 3.05) is 19.0 Å². The van der Waals surface area contributed by atoms with Gasteiger partial charge in [-0.3, -0.25) is 4.79 Å². The monoisotopic (exact) mass is 239 g/mol. The molecule has 0 fully saturated rings. The highest BCUT2D eigenvalue weighted by Gasteiger charge is 2.15. The lowest BCUT2D eigenvalue weighted by Crippen LogP contribution is -2.32. The Bertz CT molecular complexity index is 376. The fraction of sp³-hybridized carbons (Fsp3) is 0.462. The Kier molecular flexibility index (Phi) is 4.81. The molecule has 16 heavy (non-hydrogen) atoms. The highest BCUT2D eigenvalue weighted by Crippen LogP contribution is 2.13. The summed E-state index contributed by atoms with van der Waals surface area (Å²) < 4.78 is 0. The summed E-state index contributed by atoms with van der Waals surface area (Å²) in [6.45, 7) is 7.25. The molecule has 0 bridgehead atoms. The Balaban J connectivity index is 2.94. The molecule has 0 aliphatic rings. The van der Waals surface area contributed by atoms with Crippen LogP contribution in [0.5, 0.6) is 0 Å². The highest BCUT2D eigenvalue weighted by atomic mass is 35.5. The van der Waals surface area contributed by atoms with Crippen molar-refractivity contribution in [2.45, 2.75) is 20.8 Å². The zero-order valence-corrected chi connectivity index (χ0v) is 10.8. The van der Waals surface area contributed by atoms with Crippen molar-refractivity contribution < 1.29 is 4.79 Å². The molecule has 1 aromatic carbocycles. The molecular weight excluding hydrogens is 222 g/mol. The van der Waals surface area contributed by atoms with E-state index in [1.54, 1.807) is 4.90 Å². The maximum absolute atomic E-state index is 12.2. The van der Waals surface area contributed by atoms with Crippen LogP contribution in [0.4, 0.5) is 0 Å². The number of carbonyl (C=O) groups excluding carboxylic acids is 1. The predicted octanol–water partition coefficient (Wildman–Crippen LogP) is 3.00. The van der Waals surface area contributed by atoms with Crippen molar-refractivity contribution in [3.05, 3.63) is 34.9 Å². The first-order valence-electron chi connectivity index (χ1n) is 5.52. The van der Waals surface area contributed by atoms with Crippen LogP contribution in [-0.4, -0.2) is 29.8 Å². The second-order valence-electron chi connectivity index (χ2n) is 3.89. The van der Waals surface area contributed by atoms with Gasteiger partial charge < -0.3 is 4.90 Å². The maximum Gasteiger partial charge on any atom is 0.254 e. The fourth-order valence-corrected chi connectivity index (χ4v) is 1.93. The first-order valence-corrected chi connectivity index (χ1v) is 6.06. The summed E-state index contributed by atoms with van der Waals surface area (Å²) in [6, 6.07) is 5.89. The van der Waals surface area contributed by atoms with Crippen LogP contribution in [0.1, 0.15) is 28.4 Å². The number of benzene rings is 1. The van der Waals surface area contributed by atoms with E-state index in [1.165, 1.54) is 5.56 Å². The van der Waals surface area contributed by atoms with Gasteiger partial charge in [0.1, 0.15) is 0 Å². The average Bonchev–Trinajstić information content (AvgIpc) is 2.25. The van der Waals surface area contributed by atoms with E-state index in [0.717, 1.165) is 11.1 Å². The van der Waals surface area contributed by atoms with E-state index >= 15 is 0 Å². The Morgan fingerprint density at radius 3 is 2.56 bits per heavy atom. The molecule has 0 unspecified atom stereocenters. The van der Waals surface area contributed by atoms with E-state index in [-0.39, 0.29) is 5.91 Å². The smallest absolute Gasteiger partial charge is 0.254 e. The second-order valence-corrected chi connectivity index (χ2v) is 4.27. The minimum atomic E-state index is 0.0700. The molecule has 0 aromatic heterocycles. The van der Waals surface area contributed by atoms with Gasteiger partial charge in [0.15, 0.2) is 0 Å². The van der Waals surface area contributed by atoms with Gasteiger partial charge in [0.05, 0.1) is 0 Å². The Hall–Kier alpha value is -1.02. The largest absolute Gasteiger partial charge is 0.338 e. The lowest BCUT2D eigenvalue weighted by Gasteiger charge is -2.20. The fourth-order valence-electron chi connectivity index (χ4n) is 1.73. The van der Waals surface area contributed by atoms with E-state index in [9.17, 15) is 4.79 Å². The van der Waals surface area contributed by atoms with Gasteiger partial charge in [0.2, 0.25) is 0 Å². The minimum absolute atomic E-state index is 0.0700. The molecule has 0 saturated heterocycles. The Morgan fingerprint density at radius 2 is 2.06 bits per heavy atom. The summed E-state index contributed by atoms with van der Waals surface area (Å²) in [5.74, 6) is 0.547. The first-order chi connectivity index (χ1) is 7.60. The number of hydrogen-bond acceptors (Lipinski definition) is 1. The zero-order chi connectivity index (χ0) is 12.1. The topological polar surface area (TPSA) is 20.3 Å². The van der Waals surface area contributed by atoms with Crippen LogP contribution in [0.15, 0.2) is 18.2 Å². The molecule has 1 amide bonds. The number of aryl methyl sites for hydroxylation is 2. The van der Waals surface area contributed by atoms with Crippen molar-refractivity contribution in [3.63, 3.8) is 0 Å². The van der Waals surface area contributed by atoms with Crippen LogP contribution in [0, 0.1) is 13.8 Å². The summed E-state index contributed by atoms with van der Waals surface area (Å²) in [5.41, 5.74) is 2.98. The molecule has 0 aliphatic heterocycles. The maximum atomic E-state index is 12.2. The van der Waals surface area contributed by atoms with Gasteiger partial charge in [-0.15, -0.1) is 11.6 Å². The number of nitrogens with zero attached hydrogens (tertiary/aromatic N) is 1. The van der Waals surface area contributed by atoms with Crippen LogP contribution < -0.4 is 0 Å². The van der Waals surface area contributed by atoms with E-state index < -0.39 is 0 Å². The summed E-state index contributed by atoms with van der Waals surface area (Å²) >= 11 is 5.68. The summed E-state index contributed by atoms with van der Waals surface area (Å²) in [4.78, 5) is 13.9. The van der Waals surface area contributed by atoms with Crippen molar-refractivity contribution in [3.8, 4) is 0 Å². The van der Waals surface area contributed by atoms with Gasteiger partial charge in [-0.25, -0.2) is 0 Å². The summed E-state index contributed by atoms with van der Waals surface area (Å²) in [7, 11) is 0. The molecule has 1 aromatic rings. The van der Waals surface area contributed by atoms with Crippen molar-refractivity contribution in [1.29, 1.82) is 0 Å². The van der Waals surface area contributed by atoms with Crippen LogP contribution >= 0.6 is 11.6 Å². The number of rotatable bonds is 4. The normalized spacial score (nSPS) is 10.2. The number of amides is 1. The standard InChI is InChI=1S/C13H18ClNO/c1-4-15(8-7-14)13(16)12-6-5-10(2)9-11(12)3/h5-6,9H,4,7-8H2,1-3H3. The third-order valence-electron chi connectivity index (χ3n) is 2.64. The molecule has 1 rings (SSSR count). The van der Waals surface area contributed by atoms with Gasteiger partial charge in [0, 0.05) is 24.5 Å². The van der Waals surface area contributed by atoms with E-state index in [2.05, 4.69) is 0 Å². The number of halogens is 1. The molecule has 2 nitrogen and oxygen atoms in total. The van der Waals surface area contributed by atoms with Gasteiger partial charge in [0.25, 0.3) is 5.91 Å². The van der Waals surface area contributed by atoms with Gasteiger partial charge in [-0.1, -0.05) is 17.7 Å². The van der Waals surface area contributed by atoms with Crippen LogP contribution in [0.2, 0.25) is 0 Å². The second kappa shape index (κ2) is 5.90. The molecule has 88 valence electrons. The zero-order valence-electron chi connectivity index (χ0n) is 10.1. The molecule has 3 heteroatoms. The van der Waals surface area contributed by atoms with Gasteiger partial charge in [-0.05, 0) is 32.4 Å². The summed E-state index contributed by atoms with van der Waals surface area (Å²) in [5, 5.41) is 0. The van der Waals surface area contributed by atoms with E-state index in [4.69, 9.17) is 11.6 Å². The van der Waals surface area contributed by atoms with Gasteiger partial charge >= 0.3 is 0 Å². The highest BCUT2D eigenvalue weighted by molar-refractivity contribution is 6.18. The van der Waals surface area contributed by atoms with E-state index in [0.29, 0.717) is 19.0 Å².